The van der Waals surface area contributed by atoms with Crippen LogP contribution in [0.1, 0.15) is 5.69 Å². The number of nitrogens with zero attached hydrogens (tertiary/aromatic N) is 4. The molecule has 3 rings (SSSR count). The van der Waals surface area contributed by atoms with E-state index in [2.05, 4.69) is 10.1 Å². The van der Waals surface area contributed by atoms with E-state index in [0.717, 1.165) is 7.05 Å². The Morgan fingerprint density at radius 3 is 2.48 bits per heavy atom. The summed E-state index contributed by atoms with van der Waals surface area (Å²) in [6, 6.07) is 2.94. The van der Waals surface area contributed by atoms with Crippen LogP contribution in [0.3, 0.4) is 0 Å². The number of rotatable bonds is 2. The highest BCUT2D eigenvalue weighted by Crippen LogP contribution is 2.33. The summed E-state index contributed by atoms with van der Waals surface area (Å²) in [6.07, 6.45) is -4.72. The standard InChI is InChI=1S/C15H12F4N4OS/c1-22(2)14-20-9-4-7(8(16)5-11(9)25-14)13-10(24)6-12(15(17,18)19)23(3)21-13/h4-6H,1-3H3. The Bertz CT molecular complexity index is 1020. The minimum atomic E-state index is -4.72. The Hall–Kier alpha value is -2.49. The van der Waals surface area contributed by atoms with Gasteiger partial charge in [0.25, 0.3) is 0 Å². The summed E-state index contributed by atoms with van der Waals surface area (Å²) in [5.41, 5.74) is -2.35. The van der Waals surface area contributed by atoms with Crippen LogP contribution in [-0.4, -0.2) is 28.9 Å². The summed E-state index contributed by atoms with van der Waals surface area (Å²) in [7, 11) is 4.61. The van der Waals surface area contributed by atoms with Crippen LogP contribution in [0.5, 0.6) is 0 Å². The van der Waals surface area contributed by atoms with Crippen molar-refractivity contribution in [1.82, 2.24) is 14.8 Å². The van der Waals surface area contributed by atoms with Gasteiger partial charge in [-0.15, -0.1) is 0 Å². The first kappa shape index (κ1) is 17.3. The van der Waals surface area contributed by atoms with Crippen molar-refractivity contribution in [3.8, 4) is 11.3 Å². The molecule has 0 saturated carbocycles. The van der Waals surface area contributed by atoms with Gasteiger partial charge in [-0.05, 0) is 12.1 Å². The van der Waals surface area contributed by atoms with Crippen molar-refractivity contribution >= 4 is 26.7 Å². The molecule has 0 radical (unpaired) electrons. The van der Waals surface area contributed by atoms with Crippen LogP contribution in [0.15, 0.2) is 23.0 Å². The predicted molar refractivity (Wildman–Crippen MR) is 87.4 cm³/mol. The lowest BCUT2D eigenvalue weighted by Crippen LogP contribution is -2.22. The van der Waals surface area contributed by atoms with Crippen LogP contribution in [0.25, 0.3) is 21.5 Å². The molecule has 0 saturated heterocycles. The largest absolute Gasteiger partial charge is 0.433 e. The number of alkyl halides is 3. The molecule has 0 unspecified atom stereocenters. The summed E-state index contributed by atoms with van der Waals surface area (Å²) >= 11 is 1.26. The first-order chi connectivity index (χ1) is 11.6. The number of aryl methyl sites for hydroxylation is 1. The van der Waals surface area contributed by atoms with Gasteiger partial charge >= 0.3 is 6.18 Å². The van der Waals surface area contributed by atoms with Crippen molar-refractivity contribution in [2.75, 3.05) is 19.0 Å². The molecule has 1 aromatic carbocycles. The highest BCUT2D eigenvalue weighted by molar-refractivity contribution is 7.22. The maximum Gasteiger partial charge on any atom is 0.433 e. The molecule has 5 nitrogen and oxygen atoms in total. The van der Waals surface area contributed by atoms with E-state index in [1.807, 2.05) is 0 Å². The molecule has 0 fully saturated rings. The maximum atomic E-state index is 14.4. The Morgan fingerprint density at radius 2 is 1.88 bits per heavy atom. The minimum absolute atomic E-state index is 0.183. The molecule has 10 heteroatoms. The molecule has 2 aromatic heterocycles. The number of benzene rings is 1. The third-order valence-corrected chi connectivity index (χ3v) is 4.68. The van der Waals surface area contributed by atoms with Gasteiger partial charge in [0, 0.05) is 32.8 Å². The number of halogens is 4. The highest BCUT2D eigenvalue weighted by atomic mass is 32.1. The normalized spacial score (nSPS) is 12.0. The second-order valence-electron chi connectivity index (χ2n) is 5.55. The topological polar surface area (TPSA) is 51.0 Å². The lowest BCUT2D eigenvalue weighted by Gasteiger charge is -2.12. The van der Waals surface area contributed by atoms with Crippen molar-refractivity contribution in [3.63, 3.8) is 0 Å². The van der Waals surface area contributed by atoms with Gasteiger partial charge in [-0.3, -0.25) is 9.48 Å². The van der Waals surface area contributed by atoms with Gasteiger partial charge in [-0.2, -0.15) is 18.3 Å². The first-order valence-corrected chi connectivity index (χ1v) is 7.83. The maximum absolute atomic E-state index is 14.4. The molecular weight excluding hydrogens is 360 g/mol. The van der Waals surface area contributed by atoms with Gasteiger partial charge in [0.1, 0.15) is 17.2 Å². The molecule has 0 aliphatic heterocycles. The molecule has 0 aliphatic carbocycles. The fourth-order valence-electron chi connectivity index (χ4n) is 2.30. The monoisotopic (exact) mass is 372 g/mol. The molecule has 132 valence electrons. The van der Waals surface area contributed by atoms with E-state index >= 15 is 0 Å². The Kier molecular flexibility index (Phi) is 4.02. The lowest BCUT2D eigenvalue weighted by atomic mass is 10.1. The average molecular weight is 372 g/mol. The Morgan fingerprint density at radius 1 is 1.20 bits per heavy atom. The zero-order valence-corrected chi connectivity index (χ0v) is 14.2. The van der Waals surface area contributed by atoms with Gasteiger partial charge in [-0.25, -0.2) is 9.37 Å². The van der Waals surface area contributed by atoms with Gasteiger partial charge in [0.15, 0.2) is 5.13 Å². The number of anilines is 1. The van der Waals surface area contributed by atoms with E-state index in [-0.39, 0.29) is 5.56 Å². The van der Waals surface area contributed by atoms with E-state index in [1.54, 1.807) is 19.0 Å². The molecule has 0 aliphatic rings. The quantitative estimate of drug-likeness (QED) is 0.648. The third kappa shape index (κ3) is 3.09. The van der Waals surface area contributed by atoms with Crippen molar-refractivity contribution < 1.29 is 17.6 Å². The fourth-order valence-corrected chi connectivity index (χ4v) is 3.20. The molecule has 0 amide bonds. The molecular formula is C15H12F4N4OS. The van der Waals surface area contributed by atoms with E-state index in [1.165, 1.54) is 23.5 Å². The average Bonchev–Trinajstić information content (AvgIpc) is 2.90. The van der Waals surface area contributed by atoms with Crippen LogP contribution in [0.2, 0.25) is 0 Å². The van der Waals surface area contributed by atoms with Crippen molar-refractivity contribution in [2.24, 2.45) is 7.05 Å². The molecule has 0 bridgehead atoms. The van der Waals surface area contributed by atoms with Gasteiger partial charge in [-0.1, -0.05) is 11.3 Å². The summed E-state index contributed by atoms with van der Waals surface area (Å²) in [6.45, 7) is 0. The van der Waals surface area contributed by atoms with Crippen molar-refractivity contribution in [3.05, 3.63) is 39.9 Å². The van der Waals surface area contributed by atoms with E-state index in [4.69, 9.17) is 0 Å². The van der Waals surface area contributed by atoms with Crippen molar-refractivity contribution in [2.45, 2.75) is 6.18 Å². The molecule has 3 aromatic rings. The second kappa shape index (κ2) is 5.80. The number of aromatic nitrogens is 3. The molecule has 25 heavy (non-hydrogen) atoms. The van der Waals surface area contributed by atoms with E-state index in [9.17, 15) is 22.4 Å². The number of hydrogen-bond donors (Lipinski definition) is 0. The number of hydrogen-bond acceptors (Lipinski definition) is 5. The van der Waals surface area contributed by atoms with Crippen molar-refractivity contribution in [1.29, 1.82) is 0 Å². The minimum Gasteiger partial charge on any atom is -0.354 e. The zero-order chi connectivity index (χ0) is 18.5. The highest BCUT2D eigenvalue weighted by Gasteiger charge is 2.34. The SMILES string of the molecule is CN(C)c1nc2cc(-c3nn(C)c(C(F)(F)F)cc3=O)c(F)cc2s1. The second-order valence-corrected chi connectivity index (χ2v) is 6.56. The Labute approximate surface area is 143 Å². The Balaban J connectivity index is 2.21. The predicted octanol–water partition coefficient (Wildman–Crippen LogP) is 3.28. The summed E-state index contributed by atoms with van der Waals surface area (Å²) < 4.78 is 54.0. The third-order valence-electron chi connectivity index (χ3n) is 3.49. The smallest absolute Gasteiger partial charge is 0.354 e. The molecule has 0 N–H and O–H groups in total. The van der Waals surface area contributed by atoms with E-state index in [0.29, 0.717) is 26.1 Å². The lowest BCUT2D eigenvalue weighted by molar-refractivity contribution is -0.144. The van der Waals surface area contributed by atoms with Gasteiger partial charge < -0.3 is 4.90 Å². The van der Waals surface area contributed by atoms with Crippen LogP contribution < -0.4 is 10.3 Å². The molecule has 0 spiro atoms. The fraction of sp³-hybridized carbons (Fsp3) is 0.267. The molecule has 2 heterocycles. The van der Waals surface area contributed by atoms with Gasteiger partial charge in [0.05, 0.1) is 10.2 Å². The van der Waals surface area contributed by atoms with Crippen LogP contribution in [0.4, 0.5) is 22.7 Å². The summed E-state index contributed by atoms with van der Waals surface area (Å²) in [5, 5.41) is 4.27. The van der Waals surface area contributed by atoms with Crippen LogP contribution in [0, 0.1) is 5.82 Å². The first-order valence-electron chi connectivity index (χ1n) is 7.01. The van der Waals surface area contributed by atoms with Crippen LogP contribution >= 0.6 is 11.3 Å². The van der Waals surface area contributed by atoms with E-state index < -0.39 is 28.8 Å². The number of thiazole rings is 1. The zero-order valence-electron chi connectivity index (χ0n) is 13.3. The summed E-state index contributed by atoms with van der Waals surface area (Å²) in [5.74, 6) is -0.745. The van der Waals surface area contributed by atoms with Gasteiger partial charge in [0.2, 0.25) is 5.43 Å². The summed E-state index contributed by atoms with van der Waals surface area (Å²) in [4.78, 5) is 18.1. The number of fused-ring (bicyclic) bond motifs is 1. The molecule has 0 atom stereocenters. The van der Waals surface area contributed by atoms with Crippen LogP contribution in [-0.2, 0) is 13.2 Å².